The SMILES string of the molecule is NCCCCC(NC(=O)C(N)CC(=O)O)C(=O)NC(Cc1ccccc1)C(=O)NC(Cc1ccc(O)cc1)C(=O)O. The van der Waals surface area contributed by atoms with Crippen LogP contribution in [0, 0.1) is 0 Å². The van der Waals surface area contributed by atoms with E-state index >= 15 is 0 Å². The standard InChI is InChI=1S/C28H37N5O8/c29-13-5-4-8-21(31-25(37)20(30)16-24(35)36)26(38)32-22(14-17-6-2-1-3-7-17)27(39)33-23(28(40)41)15-18-9-11-19(34)12-10-18/h1-3,6-7,9-12,20-23,34H,4-5,8,13-16,29-30H2,(H,31,37)(H,32,38)(H,33,39)(H,35,36)(H,40,41). The molecule has 13 nitrogen and oxygen atoms in total. The lowest BCUT2D eigenvalue weighted by Gasteiger charge is -2.25. The summed E-state index contributed by atoms with van der Waals surface area (Å²) in [6, 6.07) is 9.52. The summed E-state index contributed by atoms with van der Waals surface area (Å²) in [7, 11) is 0. The molecule has 0 fully saturated rings. The zero-order valence-corrected chi connectivity index (χ0v) is 22.5. The van der Waals surface area contributed by atoms with Gasteiger partial charge in [-0.15, -0.1) is 0 Å². The first kappa shape index (κ1) is 32.7. The molecule has 0 spiro atoms. The maximum Gasteiger partial charge on any atom is 0.326 e. The maximum absolute atomic E-state index is 13.4. The van der Waals surface area contributed by atoms with Gasteiger partial charge in [0.15, 0.2) is 0 Å². The lowest BCUT2D eigenvalue weighted by Crippen LogP contribution is -2.58. The normalized spacial score (nSPS) is 13.7. The highest BCUT2D eigenvalue weighted by molar-refractivity contribution is 5.94. The minimum atomic E-state index is -1.39. The number of rotatable bonds is 17. The summed E-state index contributed by atoms with van der Waals surface area (Å²) in [6.45, 7) is 0.345. The Bertz CT molecular complexity index is 1180. The lowest BCUT2D eigenvalue weighted by molar-refractivity contribution is -0.142. The molecule has 2 rings (SSSR count). The molecule has 4 unspecified atom stereocenters. The Balaban J connectivity index is 2.24. The lowest BCUT2D eigenvalue weighted by atomic mass is 10.0. The van der Waals surface area contributed by atoms with Crippen LogP contribution in [0.1, 0.15) is 36.8 Å². The van der Waals surface area contributed by atoms with Crippen molar-refractivity contribution in [3.63, 3.8) is 0 Å². The molecule has 10 N–H and O–H groups in total. The van der Waals surface area contributed by atoms with E-state index in [1.807, 2.05) is 0 Å². The number of benzene rings is 2. The second kappa shape index (κ2) is 16.6. The zero-order valence-electron chi connectivity index (χ0n) is 22.5. The predicted octanol–water partition coefficient (Wildman–Crippen LogP) is -0.353. The number of amides is 3. The van der Waals surface area contributed by atoms with E-state index in [9.17, 15) is 34.2 Å². The van der Waals surface area contributed by atoms with Gasteiger partial charge in [0.2, 0.25) is 17.7 Å². The van der Waals surface area contributed by atoms with Crippen molar-refractivity contribution in [1.82, 2.24) is 16.0 Å². The van der Waals surface area contributed by atoms with Crippen molar-refractivity contribution >= 4 is 29.7 Å². The van der Waals surface area contributed by atoms with Crippen LogP contribution in [-0.2, 0) is 36.8 Å². The van der Waals surface area contributed by atoms with Gasteiger partial charge in [-0.25, -0.2) is 4.79 Å². The van der Waals surface area contributed by atoms with E-state index in [1.54, 1.807) is 30.3 Å². The molecule has 3 amide bonds. The molecule has 2 aromatic rings. The number of hydrogen-bond donors (Lipinski definition) is 8. The number of carbonyl (C=O) groups excluding carboxylic acids is 3. The highest BCUT2D eigenvalue weighted by atomic mass is 16.4. The van der Waals surface area contributed by atoms with Crippen molar-refractivity contribution in [2.75, 3.05) is 6.54 Å². The van der Waals surface area contributed by atoms with Crippen molar-refractivity contribution < 1.29 is 39.3 Å². The van der Waals surface area contributed by atoms with E-state index in [2.05, 4.69) is 16.0 Å². The fraction of sp³-hybridized carbons (Fsp3) is 0.393. The quantitative estimate of drug-likeness (QED) is 0.115. The van der Waals surface area contributed by atoms with Gasteiger partial charge in [-0.2, -0.15) is 0 Å². The van der Waals surface area contributed by atoms with Crippen LogP contribution in [0.5, 0.6) is 5.75 Å². The van der Waals surface area contributed by atoms with Gasteiger partial charge in [-0.3, -0.25) is 19.2 Å². The molecule has 0 aromatic heterocycles. The van der Waals surface area contributed by atoms with Crippen molar-refractivity contribution in [3.05, 3.63) is 65.7 Å². The third-order valence-electron chi connectivity index (χ3n) is 6.22. The predicted molar refractivity (Wildman–Crippen MR) is 149 cm³/mol. The highest BCUT2D eigenvalue weighted by Gasteiger charge is 2.31. The largest absolute Gasteiger partial charge is 0.508 e. The van der Waals surface area contributed by atoms with E-state index in [4.69, 9.17) is 16.6 Å². The van der Waals surface area contributed by atoms with E-state index < -0.39 is 60.2 Å². The topological polar surface area (TPSA) is 234 Å². The summed E-state index contributed by atoms with van der Waals surface area (Å²) >= 11 is 0. The van der Waals surface area contributed by atoms with Gasteiger partial charge in [-0.05, 0) is 49.1 Å². The number of carboxylic acid groups (broad SMARTS) is 2. The average molecular weight is 572 g/mol. The van der Waals surface area contributed by atoms with Crippen molar-refractivity contribution in [3.8, 4) is 5.75 Å². The minimum Gasteiger partial charge on any atom is -0.508 e. The first-order valence-electron chi connectivity index (χ1n) is 13.1. The molecule has 0 aliphatic rings. The van der Waals surface area contributed by atoms with Crippen LogP contribution < -0.4 is 27.4 Å². The smallest absolute Gasteiger partial charge is 0.326 e. The number of phenolic OH excluding ortho intramolecular Hbond substituents is 1. The van der Waals surface area contributed by atoms with Crippen LogP contribution in [0.4, 0.5) is 0 Å². The molecular formula is C28H37N5O8. The summed E-state index contributed by atoms with van der Waals surface area (Å²) in [5.41, 5.74) is 12.4. The van der Waals surface area contributed by atoms with Gasteiger partial charge < -0.3 is 42.7 Å². The Kier molecular flexibility index (Phi) is 13.2. The summed E-state index contributed by atoms with van der Waals surface area (Å²) in [4.78, 5) is 62.1. The number of hydrogen-bond acceptors (Lipinski definition) is 8. The molecule has 0 bridgehead atoms. The Hall–Kier alpha value is -4.49. The number of unbranched alkanes of at least 4 members (excludes halogenated alkanes) is 1. The monoisotopic (exact) mass is 571 g/mol. The van der Waals surface area contributed by atoms with Gasteiger partial charge in [-0.1, -0.05) is 42.5 Å². The molecular weight excluding hydrogens is 534 g/mol. The van der Waals surface area contributed by atoms with Crippen LogP contribution in [0.25, 0.3) is 0 Å². The second-order valence-electron chi connectivity index (χ2n) is 9.57. The van der Waals surface area contributed by atoms with Gasteiger partial charge in [0.05, 0.1) is 12.5 Å². The third kappa shape index (κ3) is 11.6. The van der Waals surface area contributed by atoms with E-state index in [-0.39, 0.29) is 25.0 Å². The second-order valence-corrected chi connectivity index (χ2v) is 9.57. The Morgan fingerprint density at radius 2 is 1.24 bits per heavy atom. The fourth-order valence-corrected chi connectivity index (χ4v) is 3.99. The summed E-state index contributed by atoms with van der Waals surface area (Å²) < 4.78 is 0. The van der Waals surface area contributed by atoms with E-state index in [1.165, 1.54) is 24.3 Å². The zero-order chi connectivity index (χ0) is 30.4. The first-order valence-corrected chi connectivity index (χ1v) is 13.1. The van der Waals surface area contributed by atoms with Crippen LogP contribution >= 0.6 is 0 Å². The highest BCUT2D eigenvalue weighted by Crippen LogP contribution is 2.12. The molecule has 0 saturated heterocycles. The van der Waals surface area contributed by atoms with Gasteiger partial charge in [0.25, 0.3) is 0 Å². The summed E-state index contributed by atoms with van der Waals surface area (Å²) in [6.07, 6.45) is 0.448. The molecule has 0 aliphatic heterocycles. The van der Waals surface area contributed by atoms with Crippen molar-refractivity contribution in [2.24, 2.45) is 11.5 Å². The average Bonchev–Trinajstić information content (AvgIpc) is 2.92. The van der Waals surface area contributed by atoms with Crippen LogP contribution in [0.15, 0.2) is 54.6 Å². The van der Waals surface area contributed by atoms with E-state index in [0.717, 1.165) is 0 Å². The third-order valence-corrected chi connectivity index (χ3v) is 6.22. The molecule has 2 aromatic carbocycles. The van der Waals surface area contributed by atoms with Gasteiger partial charge >= 0.3 is 11.9 Å². The van der Waals surface area contributed by atoms with Crippen molar-refractivity contribution in [2.45, 2.75) is 62.7 Å². The number of nitrogens with two attached hydrogens (primary N) is 2. The Morgan fingerprint density at radius 1 is 0.707 bits per heavy atom. The molecule has 41 heavy (non-hydrogen) atoms. The molecule has 0 aliphatic carbocycles. The molecule has 0 radical (unpaired) electrons. The number of carbonyl (C=O) groups is 5. The molecule has 13 heteroatoms. The van der Waals surface area contributed by atoms with Gasteiger partial charge in [0, 0.05) is 12.8 Å². The summed E-state index contributed by atoms with van der Waals surface area (Å²) in [5.74, 6) is -4.90. The minimum absolute atomic E-state index is 0.00678. The van der Waals surface area contributed by atoms with Crippen molar-refractivity contribution in [1.29, 1.82) is 0 Å². The molecule has 4 atom stereocenters. The summed E-state index contributed by atoms with van der Waals surface area (Å²) in [5, 5.41) is 35.7. The van der Waals surface area contributed by atoms with Crippen LogP contribution in [-0.4, -0.2) is 75.7 Å². The number of carboxylic acids is 2. The number of phenols is 1. The van der Waals surface area contributed by atoms with Crippen LogP contribution in [0.2, 0.25) is 0 Å². The Morgan fingerprint density at radius 3 is 1.83 bits per heavy atom. The van der Waals surface area contributed by atoms with Gasteiger partial charge in [0.1, 0.15) is 23.9 Å². The van der Waals surface area contributed by atoms with Crippen LogP contribution in [0.3, 0.4) is 0 Å². The number of aromatic hydroxyl groups is 1. The van der Waals surface area contributed by atoms with E-state index in [0.29, 0.717) is 30.5 Å². The number of nitrogens with one attached hydrogen (secondary N) is 3. The first-order chi connectivity index (χ1) is 19.5. The molecule has 222 valence electrons. The maximum atomic E-state index is 13.4. The Labute approximate surface area is 237 Å². The molecule has 0 heterocycles. The fourth-order valence-electron chi connectivity index (χ4n) is 3.99. The molecule has 0 saturated carbocycles. The number of aliphatic carboxylic acids is 2.